The SMILES string of the molecule is CC1CN(C(=O)C(C)Sc2ccccc2Cl)CCO1. The number of amides is 1. The van der Waals surface area contributed by atoms with Crippen molar-refractivity contribution in [3.05, 3.63) is 29.3 Å². The van der Waals surface area contributed by atoms with Gasteiger partial charge in [0.15, 0.2) is 0 Å². The molecule has 1 fully saturated rings. The lowest BCUT2D eigenvalue weighted by Crippen LogP contribution is -2.47. The molecule has 2 rings (SSSR count). The molecule has 0 saturated carbocycles. The maximum Gasteiger partial charge on any atom is 0.235 e. The van der Waals surface area contributed by atoms with Gasteiger partial charge in [0.05, 0.1) is 23.0 Å². The molecule has 0 radical (unpaired) electrons. The Hall–Kier alpha value is -0.710. The molecule has 0 N–H and O–H groups in total. The Morgan fingerprint density at radius 2 is 2.26 bits per heavy atom. The Morgan fingerprint density at radius 1 is 1.53 bits per heavy atom. The standard InChI is InChI=1S/C14H18ClNO2S/c1-10-9-16(7-8-18-10)14(17)11(2)19-13-6-4-3-5-12(13)15/h3-6,10-11H,7-9H2,1-2H3. The number of ether oxygens (including phenoxy) is 1. The molecule has 1 aliphatic rings. The fourth-order valence-corrected chi connectivity index (χ4v) is 3.29. The van der Waals surface area contributed by atoms with Gasteiger partial charge in [-0.2, -0.15) is 0 Å². The molecule has 1 aromatic rings. The largest absolute Gasteiger partial charge is 0.375 e. The molecule has 5 heteroatoms. The van der Waals surface area contributed by atoms with Crippen molar-refractivity contribution in [1.82, 2.24) is 4.90 Å². The van der Waals surface area contributed by atoms with Crippen LogP contribution in [0.4, 0.5) is 0 Å². The van der Waals surface area contributed by atoms with Crippen molar-refractivity contribution in [1.29, 1.82) is 0 Å². The summed E-state index contributed by atoms with van der Waals surface area (Å²) >= 11 is 7.63. The van der Waals surface area contributed by atoms with Crippen molar-refractivity contribution in [2.24, 2.45) is 0 Å². The summed E-state index contributed by atoms with van der Waals surface area (Å²) in [5.41, 5.74) is 0. The summed E-state index contributed by atoms with van der Waals surface area (Å²) in [5, 5.41) is 0.563. The summed E-state index contributed by atoms with van der Waals surface area (Å²) in [6, 6.07) is 7.61. The maximum atomic E-state index is 12.4. The van der Waals surface area contributed by atoms with E-state index < -0.39 is 0 Å². The normalized spacial score (nSPS) is 21.2. The average Bonchev–Trinajstić information content (AvgIpc) is 2.40. The first-order valence-electron chi connectivity index (χ1n) is 6.39. The van der Waals surface area contributed by atoms with Crippen molar-refractivity contribution in [3.8, 4) is 0 Å². The molecular formula is C14H18ClNO2S. The number of morpholine rings is 1. The lowest BCUT2D eigenvalue weighted by Gasteiger charge is -2.32. The van der Waals surface area contributed by atoms with Gasteiger partial charge in [0, 0.05) is 18.0 Å². The second kappa shape index (κ2) is 6.64. The Kier molecular flexibility index (Phi) is 5.13. The van der Waals surface area contributed by atoms with Crippen LogP contribution in [0, 0.1) is 0 Å². The summed E-state index contributed by atoms with van der Waals surface area (Å²) in [6.45, 7) is 5.89. The van der Waals surface area contributed by atoms with E-state index in [9.17, 15) is 4.79 Å². The Morgan fingerprint density at radius 3 is 2.95 bits per heavy atom. The molecule has 0 spiro atoms. The summed E-state index contributed by atoms with van der Waals surface area (Å²) < 4.78 is 5.45. The van der Waals surface area contributed by atoms with Crippen LogP contribution in [0.25, 0.3) is 0 Å². The average molecular weight is 300 g/mol. The van der Waals surface area contributed by atoms with E-state index in [-0.39, 0.29) is 17.3 Å². The molecule has 1 saturated heterocycles. The highest BCUT2D eigenvalue weighted by Gasteiger charge is 2.26. The Balaban J connectivity index is 1.97. The lowest BCUT2D eigenvalue weighted by atomic mass is 10.3. The van der Waals surface area contributed by atoms with Gasteiger partial charge in [-0.3, -0.25) is 4.79 Å². The van der Waals surface area contributed by atoms with Gasteiger partial charge in [-0.05, 0) is 26.0 Å². The number of hydrogen-bond donors (Lipinski definition) is 0. The quantitative estimate of drug-likeness (QED) is 0.803. The molecular weight excluding hydrogens is 282 g/mol. The Labute approximate surface area is 123 Å². The first kappa shape index (κ1) is 14.7. The van der Waals surface area contributed by atoms with Crippen LogP contribution in [0.1, 0.15) is 13.8 Å². The van der Waals surface area contributed by atoms with Crippen LogP contribution in [0.15, 0.2) is 29.2 Å². The first-order chi connectivity index (χ1) is 9.08. The van der Waals surface area contributed by atoms with Gasteiger partial charge < -0.3 is 9.64 Å². The fourth-order valence-electron chi connectivity index (χ4n) is 2.06. The molecule has 2 unspecified atom stereocenters. The third kappa shape index (κ3) is 3.88. The van der Waals surface area contributed by atoms with Crippen molar-refractivity contribution in [2.45, 2.75) is 30.1 Å². The van der Waals surface area contributed by atoms with Gasteiger partial charge >= 0.3 is 0 Å². The molecule has 1 heterocycles. The minimum atomic E-state index is -0.134. The summed E-state index contributed by atoms with van der Waals surface area (Å²) in [4.78, 5) is 15.2. The summed E-state index contributed by atoms with van der Waals surface area (Å²) in [6.07, 6.45) is 0.121. The van der Waals surface area contributed by atoms with Gasteiger partial charge in [0.2, 0.25) is 5.91 Å². The van der Waals surface area contributed by atoms with E-state index in [2.05, 4.69) is 0 Å². The molecule has 19 heavy (non-hydrogen) atoms. The number of rotatable bonds is 3. The predicted octanol–water partition coefficient (Wildman–Crippen LogP) is 3.07. The number of hydrogen-bond acceptors (Lipinski definition) is 3. The highest BCUT2D eigenvalue weighted by atomic mass is 35.5. The number of thioether (sulfide) groups is 1. The number of benzene rings is 1. The third-order valence-electron chi connectivity index (χ3n) is 3.04. The van der Waals surface area contributed by atoms with Crippen molar-refractivity contribution in [2.75, 3.05) is 19.7 Å². The molecule has 1 aliphatic heterocycles. The number of carbonyl (C=O) groups excluding carboxylic acids is 1. The van der Waals surface area contributed by atoms with Crippen LogP contribution in [0.2, 0.25) is 5.02 Å². The predicted molar refractivity (Wildman–Crippen MR) is 78.8 cm³/mol. The zero-order chi connectivity index (χ0) is 13.8. The van der Waals surface area contributed by atoms with E-state index in [1.807, 2.05) is 43.0 Å². The lowest BCUT2D eigenvalue weighted by molar-refractivity contribution is -0.137. The van der Waals surface area contributed by atoms with Gasteiger partial charge in [-0.15, -0.1) is 11.8 Å². The molecule has 1 amide bonds. The zero-order valence-corrected chi connectivity index (χ0v) is 12.7. The van der Waals surface area contributed by atoms with Gasteiger partial charge in [0.25, 0.3) is 0 Å². The fraction of sp³-hybridized carbons (Fsp3) is 0.500. The molecule has 0 aliphatic carbocycles. The van der Waals surface area contributed by atoms with E-state index in [1.54, 1.807) is 0 Å². The van der Waals surface area contributed by atoms with Crippen LogP contribution < -0.4 is 0 Å². The molecule has 0 aromatic heterocycles. The third-order valence-corrected chi connectivity index (χ3v) is 4.65. The molecule has 3 nitrogen and oxygen atoms in total. The van der Waals surface area contributed by atoms with Crippen LogP contribution in [-0.2, 0) is 9.53 Å². The van der Waals surface area contributed by atoms with Crippen LogP contribution in [0.5, 0.6) is 0 Å². The minimum absolute atomic E-state index is 0.121. The van der Waals surface area contributed by atoms with E-state index in [1.165, 1.54) is 11.8 Å². The van der Waals surface area contributed by atoms with Gasteiger partial charge in [0.1, 0.15) is 0 Å². The highest BCUT2D eigenvalue weighted by Crippen LogP contribution is 2.30. The van der Waals surface area contributed by atoms with Crippen LogP contribution in [-0.4, -0.2) is 41.9 Å². The van der Waals surface area contributed by atoms with Crippen LogP contribution >= 0.6 is 23.4 Å². The van der Waals surface area contributed by atoms with Crippen LogP contribution in [0.3, 0.4) is 0 Å². The number of carbonyl (C=O) groups is 1. The molecule has 0 bridgehead atoms. The first-order valence-corrected chi connectivity index (χ1v) is 7.65. The van der Waals surface area contributed by atoms with E-state index in [4.69, 9.17) is 16.3 Å². The highest BCUT2D eigenvalue weighted by molar-refractivity contribution is 8.00. The summed E-state index contributed by atoms with van der Waals surface area (Å²) in [5.74, 6) is 0.153. The molecule has 2 atom stereocenters. The zero-order valence-electron chi connectivity index (χ0n) is 11.1. The van der Waals surface area contributed by atoms with Gasteiger partial charge in [-0.1, -0.05) is 23.7 Å². The van der Waals surface area contributed by atoms with E-state index in [0.717, 1.165) is 4.90 Å². The molecule has 104 valence electrons. The van der Waals surface area contributed by atoms with Gasteiger partial charge in [-0.25, -0.2) is 0 Å². The van der Waals surface area contributed by atoms with Crippen molar-refractivity contribution in [3.63, 3.8) is 0 Å². The number of nitrogens with zero attached hydrogens (tertiary/aromatic N) is 1. The maximum absolute atomic E-state index is 12.4. The monoisotopic (exact) mass is 299 g/mol. The van der Waals surface area contributed by atoms with Crippen molar-refractivity contribution < 1.29 is 9.53 Å². The Bertz CT molecular complexity index is 455. The van der Waals surface area contributed by atoms with E-state index >= 15 is 0 Å². The van der Waals surface area contributed by atoms with E-state index in [0.29, 0.717) is 24.7 Å². The van der Waals surface area contributed by atoms with Crippen molar-refractivity contribution >= 4 is 29.3 Å². The number of halogens is 1. The minimum Gasteiger partial charge on any atom is -0.375 e. The summed E-state index contributed by atoms with van der Waals surface area (Å²) in [7, 11) is 0. The smallest absolute Gasteiger partial charge is 0.235 e. The topological polar surface area (TPSA) is 29.5 Å². The molecule has 1 aromatic carbocycles. The second-order valence-corrected chi connectivity index (χ2v) is 6.45. The second-order valence-electron chi connectivity index (χ2n) is 4.66.